The maximum absolute atomic E-state index is 12.0. The Morgan fingerprint density at radius 2 is 2.05 bits per heavy atom. The molecule has 0 spiro atoms. The van der Waals surface area contributed by atoms with Crippen molar-refractivity contribution in [2.75, 3.05) is 13.1 Å². The quantitative estimate of drug-likeness (QED) is 0.843. The van der Waals surface area contributed by atoms with E-state index in [0.717, 1.165) is 18.6 Å². The van der Waals surface area contributed by atoms with E-state index in [4.69, 9.17) is 16.9 Å². The zero-order chi connectivity index (χ0) is 14.4. The highest BCUT2D eigenvalue weighted by Crippen LogP contribution is 2.19. The van der Waals surface area contributed by atoms with E-state index >= 15 is 0 Å². The minimum atomic E-state index is -0.577. The molecule has 2 rings (SSSR count). The molecule has 1 aliphatic rings. The maximum Gasteiger partial charge on any atom is 0.240 e. The van der Waals surface area contributed by atoms with Crippen LogP contribution in [-0.2, 0) is 4.79 Å². The first-order chi connectivity index (χ1) is 9.70. The third kappa shape index (κ3) is 3.75. The number of carbonyl (C=O) groups excluding carboxylic acids is 1. The van der Waals surface area contributed by atoms with Crippen molar-refractivity contribution in [1.29, 1.82) is 0 Å². The first kappa shape index (κ1) is 14.4. The van der Waals surface area contributed by atoms with Crippen molar-refractivity contribution in [1.82, 2.24) is 4.90 Å². The van der Waals surface area contributed by atoms with Crippen LogP contribution in [0.4, 0.5) is 0 Å². The van der Waals surface area contributed by atoms with Gasteiger partial charge in [-0.1, -0.05) is 18.2 Å². The Balaban J connectivity index is 1.81. The van der Waals surface area contributed by atoms with Gasteiger partial charge in [0.1, 0.15) is 11.9 Å². The van der Waals surface area contributed by atoms with Crippen molar-refractivity contribution >= 4 is 5.91 Å². The number of carbonyl (C=O) groups is 1. The summed E-state index contributed by atoms with van der Waals surface area (Å²) in [5.74, 6) is 3.25. The van der Waals surface area contributed by atoms with Crippen LogP contribution in [0.15, 0.2) is 30.3 Å². The van der Waals surface area contributed by atoms with Gasteiger partial charge in [0.05, 0.1) is 6.04 Å². The van der Waals surface area contributed by atoms with E-state index in [0.29, 0.717) is 19.5 Å². The predicted octanol–water partition coefficient (Wildman–Crippen LogP) is 1.41. The van der Waals surface area contributed by atoms with Crippen molar-refractivity contribution in [3.8, 4) is 18.1 Å². The lowest BCUT2D eigenvalue weighted by Crippen LogP contribution is -2.48. The molecule has 1 unspecified atom stereocenters. The van der Waals surface area contributed by atoms with Gasteiger partial charge in [0.15, 0.2) is 0 Å². The van der Waals surface area contributed by atoms with Crippen LogP contribution in [0.2, 0.25) is 0 Å². The lowest BCUT2D eigenvalue weighted by molar-refractivity contribution is -0.134. The Morgan fingerprint density at radius 3 is 2.65 bits per heavy atom. The summed E-state index contributed by atoms with van der Waals surface area (Å²) < 4.78 is 5.89. The molecule has 0 aromatic heterocycles. The van der Waals surface area contributed by atoms with Gasteiger partial charge in [-0.05, 0) is 12.1 Å². The van der Waals surface area contributed by atoms with Gasteiger partial charge in [0.2, 0.25) is 5.91 Å². The van der Waals surface area contributed by atoms with Gasteiger partial charge in [0.25, 0.3) is 0 Å². The number of rotatable bonds is 4. The molecule has 1 heterocycles. The SMILES string of the molecule is C#CCC(N)C(=O)N1CCC(Oc2ccccc2)CC1. The molecule has 0 saturated carbocycles. The van der Waals surface area contributed by atoms with Crippen LogP contribution in [0.5, 0.6) is 5.75 Å². The Kier molecular flexibility index (Phi) is 5.03. The average Bonchev–Trinajstić information content (AvgIpc) is 2.48. The summed E-state index contributed by atoms with van der Waals surface area (Å²) in [7, 11) is 0. The highest BCUT2D eigenvalue weighted by Gasteiger charge is 2.26. The molecule has 20 heavy (non-hydrogen) atoms. The second-order valence-corrected chi connectivity index (χ2v) is 4.97. The van der Waals surface area contributed by atoms with E-state index in [-0.39, 0.29) is 12.0 Å². The van der Waals surface area contributed by atoms with Crippen molar-refractivity contribution in [3.63, 3.8) is 0 Å². The lowest BCUT2D eigenvalue weighted by Gasteiger charge is -2.33. The summed E-state index contributed by atoms with van der Waals surface area (Å²) >= 11 is 0. The number of piperidine rings is 1. The molecule has 1 aromatic carbocycles. The fourth-order valence-corrected chi connectivity index (χ4v) is 2.33. The number of nitrogens with two attached hydrogens (primary N) is 1. The molecular weight excluding hydrogens is 252 g/mol. The van der Waals surface area contributed by atoms with Gasteiger partial charge >= 0.3 is 0 Å². The predicted molar refractivity (Wildman–Crippen MR) is 78.1 cm³/mol. The molecule has 1 atom stereocenters. The number of amides is 1. The standard InChI is InChI=1S/C16H20N2O2/c1-2-6-15(17)16(19)18-11-9-14(10-12-18)20-13-7-4-3-5-8-13/h1,3-5,7-8,14-15H,6,9-12,17H2. The summed E-state index contributed by atoms with van der Waals surface area (Å²) in [4.78, 5) is 13.8. The number of likely N-dealkylation sites (tertiary alicyclic amines) is 1. The number of nitrogens with zero attached hydrogens (tertiary/aromatic N) is 1. The lowest BCUT2D eigenvalue weighted by atomic mass is 10.1. The number of terminal acetylenes is 1. The summed E-state index contributed by atoms with van der Waals surface area (Å²) in [5.41, 5.74) is 5.75. The van der Waals surface area contributed by atoms with E-state index in [1.165, 1.54) is 0 Å². The van der Waals surface area contributed by atoms with Crippen molar-refractivity contribution in [2.24, 2.45) is 5.73 Å². The monoisotopic (exact) mass is 272 g/mol. The normalized spacial score (nSPS) is 17.3. The molecule has 0 bridgehead atoms. The Bertz CT molecular complexity index is 473. The minimum Gasteiger partial charge on any atom is -0.490 e. The zero-order valence-corrected chi connectivity index (χ0v) is 11.5. The summed E-state index contributed by atoms with van der Waals surface area (Å²) in [6.45, 7) is 1.35. The molecule has 4 nitrogen and oxygen atoms in total. The third-order valence-electron chi connectivity index (χ3n) is 3.45. The molecule has 1 aliphatic heterocycles. The van der Waals surface area contributed by atoms with Gasteiger partial charge in [-0.25, -0.2) is 0 Å². The minimum absolute atomic E-state index is 0.0545. The fourth-order valence-electron chi connectivity index (χ4n) is 2.33. The highest BCUT2D eigenvalue weighted by molar-refractivity contribution is 5.82. The van der Waals surface area contributed by atoms with Crippen LogP contribution in [-0.4, -0.2) is 36.0 Å². The third-order valence-corrected chi connectivity index (χ3v) is 3.45. The number of hydrogen-bond acceptors (Lipinski definition) is 3. The molecule has 106 valence electrons. The van der Waals surface area contributed by atoms with Crippen molar-refractivity contribution in [2.45, 2.75) is 31.4 Å². The summed E-state index contributed by atoms with van der Waals surface area (Å²) in [6, 6.07) is 9.17. The molecular formula is C16H20N2O2. The van der Waals surface area contributed by atoms with Crippen LogP contribution in [0.3, 0.4) is 0 Å². The van der Waals surface area contributed by atoms with Gasteiger partial charge in [-0.2, -0.15) is 0 Å². The van der Waals surface area contributed by atoms with Gasteiger partial charge < -0.3 is 15.4 Å². The molecule has 1 amide bonds. The molecule has 0 aliphatic carbocycles. The molecule has 2 N–H and O–H groups in total. The van der Waals surface area contributed by atoms with Crippen LogP contribution in [0.25, 0.3) is 0 Å². The van der Waals surface area contributed by atoms with Crippen LogP contribution in [0.1, 0.15) is 19.3 Å². The topological polar surface area (TPSA) is 55.6 Å². The molecule has 1 fully saturated rings. The van der Waals surface area contributed by atoms with Gasteiger partial charge in [-0.3, -0.25) is 4.79 Å². The molecule has 1 saturated heterocycles. The van der Waals surface area contributed by atoms with E-state index in [9.17, 15) is 4.79 Å². The van der Waals surface area contributed by atoms with Gasteiger partial charge in [-0.15, -0.1) is 12.3 Å². The van der Waals surface area contributed by atoms with Gasteiger partial charge in [0, 0.05) is 32.4 Å². The first-order valence-corrected chi connectivity index (χ1v) is 6.90. The number of para-hydroxylation sites is 1. The number of ether oxygens (including phenoxy) is 1. The summed E-state index contributed by atoms with van der Waals surface area (Å²) in [5, 5.41) is 0. The van der Waals surface area contributed by atoms with Crippen LogP contribution in [0, 0.1) is 12.3 Å². The van der Waals surface area contributed by atoms with Crippen molar-refractivity contribution in [3.05, 3.63) is 30.3 Å². The Hall–Kier alpha value is -1.99. The largest absolute Gasteiger partial charge is 0.490 e. The van der Waals surface area contributed by atoms with Crippen LogP contribution < -0.4 is 10.5 Å². The number of benzene rings is 1. The van der Waals surface area contributed by atoms with E-state index < -0.39 is 6.04 Å². The van der Waals surface area contributed by atoms with E-state index in [1.807, 2.05) is 30.3 Å². The zero-order valence-electron chi connectivity index (χ0n) is 11.5. The van der Waals surface area contributed by atoms with E-state index in [2.05, 4.69) is 5.92 Å². The second kappa shape index (κ2) is 6.97. The molecule has 1 aromatic rings. The highest BCUT2D eigenvalue weighted by atomic mass is 16.5. The maximum atomic E-state index is 12.0. The number of hydrogen-bond donors (Lipinski definition) is 1. The van der Waals surface area contributed by atoms with Crippen LogP contribution >= 0.6 is 0 Å². The Morgan fingerprint density at radius 1 is 1.40 bits per heavy atom. The molecule has 0 radical (unpaired) electrons. The smallest absolute Gasteiger partial charge is 0.240 e. The van der Waals surface area contributed by atoms with E-state index in [1.54, 1.807) is 4.90 Å². The first-order valence-electron chi connectivity index (χ1n) is 6.90. The summed E-state index contributed by atoms with van der Waals surface area (Å²) in [6.07, 6.45) is 7.28. The second-order valence-electron chi connectivity index (χ2n) is 4.97. The molecule has 4 heteroatoms. The van der Waals surface area contributed by atoms with Crippen molar-refractivity contribution < 1.29 is 9.53 Å². The average molecular weight is 272 g/mol. The Labute approximate surface area is 119 Å². The fraction of sp³-hybridized carbons (Fsp3) is 0.438.